The number of aromatic amines is 1. The molecule has 0 fully saturated rings. The van der Waals surface area contributed by atoms with Gasteiger partial charge < -0.3 is 30.2 Å². The van der Waals surface area contributed by atoms with Crippen molar-refractivity contribution in [3.05, 3.63) is 28.5 Å². The second kappa shape index (κ2) is 8.47. The molecule has 0 aliphatic heterocycles. The van der Waals surface area contributed by atoms with E-state index >= 15 is 0 Å². The molecule has 1 heterocycles. The Kier molecular flexibility index (Phi) is 6.33. The fraction of sp³-hybridized carbons (Fsp3) is 0.294. The third kappa shape index (κ3) is 3.54. The van der Waals surface area contributed by atoms with Gasteiger partial charge in [0.05, 0.1) is 39.4 Å². The van der Waals surface area contributed by atoms with Crippen LogP contribution >= 0.6 is 11.6 Å². The Labute approximate surface area is 155 Å². The summed E-state index contributed by atoms with van der Waals surface area (Å²) >= 11 is 6.39. The number of H-pyrrole nitrogens is 1. The summed E-state index contributed by atoms with van der Waals surface area (Å²) in [4.78, 5) is 14.4. The summed E-state index contributed by atoms with van der Waals surface area (Å²) in [5.74, 6) is 0.932. The quantitative estimate of drug-likeness (QED) is 0.675. The van der Waals surface area contributed by atoms with E-state index in [1.54, 1.807) is 12.1 Å². The molecular formula is C17H19ClN4O4. The first-order valence-electron chi connectivity index (χ1n) is 7.58. The van der Waals surface area contributed by atoms with Crippen molar-refractivity contribution >= 4 is 17.5 Å². The number of aromatic nitrogens is 1. The summed E-state index contributed by atoms with van der Waals surface area (Å²) in [6, 6.07) is 5.44. The lowest BCUT2D eigenvalue weighted by Gasteiger charge is -2.16. The predicted molar refractivity (Wildman–Crippen MR) is 96.5 cm³/mol. The van der Waals surface area contributed by atoms with Gasteiger partial charge in [0, 0.05) is 16.8 Å². The second-order valence-corrected chi connectivity index (χ2v) is 5.52. The molecule has 0 unspecified atom stereocenters. The Hall–Kier alpha value is -2.89. The van der Waals surface area contributed by atoms with Crippen molar-refractivity contribution in [2.75, 3.05) is 27.9 Å². The van der Waals surface area contributed by atoms with E-state index in [1.165, 1.54) is 21.3 Å². The molecule has 0 radical (unpaired) electrons. The van der Waals surface area contributed by atoms with Crippen LogP contribution < -0.4 is 25.3 Å². The minimum absolute atomic E-state index is 0.115. The summed E-state index contributed by atoms with van der Waals surface area (Å²) < 4.78 is 16.2. The molecule has 1 aromatic heterocycles. The maximum Gasteiger partial charge on any atom is 0.234 e. The molecule has 1 aromatic carbocycles. The molecule has 0 atom stereocenters. The molecule has 0 aliphatic rings. The van der Waals surface area contributed by atoms with Gasteiger partial charge in [-0.2, -0.15) is 5.26 Å². The number of carbonyl (C=O) groups is 1. The van der Waals surface area contributed by atoms with E-state index in [1.807, 2.05) is 6.07 Å². The Bertz CT molecular complexity index is 857. The van der Waals surface area contributed by atoms with E-state index < -0.39 is 0 Å². The lowest BCUT2D eigenvalue weighted by molar-refractivity contribution is -0.119. The van der Waals surface area contributed by atoms with Crippen LogP contribution in [0, 0.1) is 11.3 Å². The fourth-order valence-electron chi connectivity index (χ4n) is 2.57. The maximum absolute atomic E-state index is 11.5. The molecule has 0 bridgehead atoms. The molecule has 1 amide bonds. The Morgan fingerprint density at radius 3 is 2.50 bits per heavy atom. The van der Waals surface area contributed by atoms with Crippen LogP contribution in [0.25, 0.3) is 11.1 Å². The van der Waals surface area contributed by atoms with Gasteiger partial charge in [-0.25, -0.2) is 0 Å². The van der Waals surface area contributed by atoms with Gasteiger partial charge >= 0.3 is 0 Å². The number of nitrogens with two attached hydrogens (primary N) is 1. The molecule has 0 saturated heterocycles. The first kappa shape index (κ1) is 19.4. The third-order valence-corrected chi connectivity index (χ3v) is 4.13. The van der Waals surface area contributed by atoms with Crippen LogP contribution in [0.4, 0.5) is 0 Å². The minimum Gasteiger partial charge on any atom is -0.493 e. The first-order valence-corrected chi connectivity index (χ1v) is 7.96. The van der Waals surface area contributed by atoms with Crippen LogP contribution in [0.5, 0.6) is 17.2 Å². The number of methoxy groups -OCH3 is 3. The van der Waals surface area contributed by atoms with Crippen molar-refractivity contribution < 1.29 is 19.0 Å². The summed E-state index contributed by atoms with van der Waals surface area (Å²) in [6.07, 6.45) is 0. The van der Waals surface area contributed by atoms with E-state index in [2.05, 4.69) is 10.3 Å². The van der Waals surface area contributed by atoms with E-state index in [-0.39, 0.29) is 29.7 Å². The van der Waals surface area contributed by atoms with Crippen LogP contribution in [0.1, 0.15) is 11.4 Å². The standard InChI is InChI=1S/C17H19ClN4O4/c1-24-12-5-4-9(16(25-2)17(12)26-3)14-11(8-21-13(23)7-20)22-10(6-19)15(14)18/h4-5,22H,7-8,20H2,1-3H3,(H,21,23). The van der Waals surface area contributed by atoms with Crippen LogP contribution in [0.2, 0.25) is 5.02 Å². The molecule has 0 spiro atoms. The van der Waals surface area contributed by atoms with Crippen LogP contribution in [-0.2, 0) is 11.3 Å². The van der Waals surface area contributed by atoms with Gasteiger partial charge in [0.1, 0.15) is 11.8 Å². The zero-order valence-electron chi connectivity index (χ0n) is 14.6. The average Bonchev–Trinajstić information content (AvgIpc) is 2.99. The van der Waals surface area contributed by atoms with Gasteiger partial charge in [-0.1, -0.05) is 11.6 Å². The smallest absolute Gasteiger partial charge is 0.234 e. The Morgan fingerprint density at radius 1 is 1.27 bits per heavy atom. The highest BCUT2D eigenvalue weighted by Crippen LogP contribution is 2.47. The van der Waals surface area contributed by atoms with E-state index in [0.29, 0.717) is 34.1 Å². The van der Waals surface area contributed by atoms with Gasteiger partial charge in [-0.05, 0) is 12.1 Å². The number of halogens is 1. The normalized spacial score (nSPS) is 10.2. The van der Waals surface area contributed by atoms with Gasteiger partial charge in [0.2, 0.25) is 11.7 Å². The first-order chi connectivity index (χ1) is 12.5. The highest BCUT2D eigenvalue weighted by Gasteiger charge is 2.24. The van der Waals surface area contributed by atoms with Crippen molar-refractivity contribution in [3.8, 4) is 34.4 Å². The minimum atomic E-state index is -0.334. The molecule has 0 saturated carbocycles. The molecule has 2 aromatic rings. The lowest BCUT2D eigenvalue weighted by Crippen LogP contribution is -2.30. The molecule has 26 heavy (non-hydrogen) atoms. The van der Waals surface area contributed by atoms with E-state index in [4.69, 9.17) is 31.5 Å². The number of ether oxygens (including phenoxy) is 3. The number of nitrogens with zero attached hydrogens (tertiary/aromatic N) is 1. The SMILES string of the molecule is COc1ccc(-c2c(CNC(=O)CN)[nH]c(C#N)c2Cl)c(OC)c1OC. The van der Waals surface area contributed by atoms with Gasteiger partial charge in [0.15, 0.2) is 11.5 Å². The predicted octanol–water partition coefficient (Wildman–Crippen LogP) is 1.81. The number of amides is 1. The molecule has 2 rings (SSSR count). The van der Waals surface area contributed by atoms with Gasteiger partial charge in [-0.3, -0.25) is 4.79 Å². The van der Waals surface area contributed by atoms with Crippen molar-refractivity contribution in [3.63, 3.8) is 0 Å². The average molecular weight is 379 g/mol. The van der Waals surface area contributed by atoms with E-state index in [9.17, 15) is 10.1 Å². The monoisotopic (exact) mass is 378 g/mol. The van der Waals surface area contributed by atoms with Crippen LogP contribution in [0.3, 0.4) is 0 Å². The maximum atomic E-state index is 11.5. The van der Waals surface area contributed by atoms with Crippen LogP contribution in [-0.4, -0.2) is 38.8 Å². The van der Waals surface area contributed by atoms with Crippen molar-refractivity contribution in [1.82, 2.24) is 10.3 Å². The number of nitrogens with one attached hydrogen (secondary N) is 2. The van der Waals surface area contributed by atoms with Crippen molar-refractivity contribution in [1.29, 1.82) is 5.26 Å². The summed E-state index contributed by atoms with van der Waals surface area (Å²) in [6.45, 7) is -0.0289. The fourth-order valence-corrected chi connectivity index (χ4v) is 2.88. The lowest BCUT2D eigenvalue weighted by atomic mass is 10.0. The summed E-state index contributed by atoms with van der Waals surface area (Å²) in [5.41, 5.74) is 7.14. The topological polar surface area (TPSA) is 122 Å². The highest BCUT2D eigenvalue weighted by molar-refractivity contribution is 6.34. The number of carbonyl (C=O) groups excluding carboxylic acids is 1. The molecule has 4 N–H and O–H groups in total. The Balaban J connectivity index is 2.66. The Morgan fingerprint density at radius 2 is 1.96 bits per heavy atom. The summed E-state index contributed by atoms with van der Waals surface area (Å²) in [7, 11) is 4.50. The molecular weight excluding hydrogens is 360 g/mol. The summed E-state index contributed by atoms with van der Waals surface area (Å²) in [5, 5.41) is 12.2. The van der Waals surface area contributed by atoms with E-state index in [0.717, 1.165) is 0 Å². The molecule has 8 nitrogen and oxygen atoms in total. The number of nitriles is 1. The third-order valence-electron chi connectivity index (χ3n) is 3.75. The van der Waals surface area contributed by atoms with Gasteiger partial charge in [0.25, 0.3) is 0 Å². The van der Waals surface area contributed by atoms with Gasteiger partial charge in [-0.15, -0.1) is 0 Å². The molecule has 138 valence electrons. The zero-order valence-corrected chi connectivity index (χ0v) is 15.4. The molecule has 0 aliphatic carbocycles. The number of hydrogen-bond acceptors (Lipinski definition) is 6. The largest absolute Gasteiger partial charge is 0.493 e. The highest BCUT2D eigenvalue weighted by atomic mass is 35.5. The number of benzene rings is 1. The second-order valence-electron chi connectivity index (χ2n) is 5.14. The molecule has 9 heteroatoms. The number of hydrogen-bond donors (Lipinski definition) is 3. The van der Waals surface area contributed by atoms with Crippen molar-refractivity contribution in [2.24, 2.45) is 5.73 Å². The van der Waals surface area contributed by atoms with Crippen molar-refractivity contribution in [2.45, 2.75) is 6.54 Å². The number of rotatable bonds is 7. The van der Waals surface area contributed by atoms with Crippen LogP contribution in [0.15, 0.2) is 12.1 Å². The zero-order chi connectivity index (χ0) is 19.3.